The zero-order chi connectivity index (χ0) is 14.5. The normalized spacial score (nSPS) is 15.3. The van der Waals surface area contributed by atoms with Crippen molar-refractivity contribution in [2.45, 2.75) is 32.6 Å². The first-order valence-corrected chi connectivity index (χ1v) is 6.72. The molecule has 0 aromatic heterocycles. The number of anilines is 1. The number of carbonyl (C=O) groups is 3. The molecule has 20 heavy (non-hydrogen) atoms. The molecule has 0 unspecified atom stereocenters. The average molecular weight is 275 g/mol. The first kappa shape index (κ1) is 14.2. The second kappa shape index (κ2) is 6.32. The van der Waals surface area contributed by atoms with Gasteiger partial charge in [0.15, 0.2) is 0 Å². The monoisotopic (exact) mass is 275 g/mol. The summed E-state index contributed by atoms with van der Waals surface area (Å²) < 4.78 is 4.87. The predicted octanol–water partition coefficient (Wildman–Crippen LogP) is 1.84. The number of carbonyl (C=O) groups excluding carboxylic acids is 3. The summed E-state index contributed by atoms with van der Waals surface area (Å²) in [5, 5.41) is 0. The van der Waals surface area contributed by atoms with Gasteiger partial charge in [-0.25, -0.2) is 0 Å². The van der Waals surface area contributed by atoms with Gasteiger partial charge in [-0.05, 0) is 31.0 Å². The standard InChI is InChI=1S/C15H17NO4/c1-2-20-15(19)10-11-6-8-12(9-7-11)16-13(17)4-3-5-14(16)18/h6-9H,2-5,10H2,1H3. The van der Waals surface area contributed by atoms with Crippen LogP contribution in [0.3, 0.4) is 0 Å². The second-order valence-electron chi connectivity index (χ2n) is 4.62. The number of nitrogens with zero attached hydrogens (tertiary/aromatic N) is 1. The largest absolute Gasteiger partial charge is 0.466 e. The third-order valence-electron chi connectivity index (χ3n) is 3.13. The van der Waals surface area contributed by atoms with Crippen molar-refractivity contribution in [2.24, 2.45) is 0 Å². The van der Waals surface area contributed by atoms with Crippen LogP contribution in [0.25, 0.3) is 0 Å². The topological polar surface area (TPSA) is 63.7 Å². The third kappa shape index (κ3) is 3.23. The summed E-state index contributed by atoms with van der Waals surface area (Å²) >= 11 is 0. The van der Waals surface area contributed by atoms with Crippen LogP contribution in [0.2, 0.25) is 0 Å². The smallest absolute Gasteiger partial charge is 0.310 e. The fraction of sp³-hybridized carbons (Fsp3) is 0.400. The average Bonchev–Trinajstić information content (AvgIpc) is 2.40. The van der Waals surface area contributed by atoms with Gasteiger partial charge in [0, 0.05) is 12.8 Å². The number of amides is 2. The Balaban J connectivity index is 2.09. The van der Waals surface area contributed by atoms with Crippen LogP contribution < -0.4 is 4.90 Å². The van der Waals surface area contributed by atoms with Gasteiger partial charge in [-0.2, -0.15) is 0 Å². The van der Waals surface area contributed by atoms with Gasteiger partial charge in [0.1, 0.15) is 0 Å². The molecule has 1 fully saturated rings. The van der Waals surface area contributed by atoms with E-state index in [-0.39, 0.29) is 24.2 Å². The Morgan fingerprint density at radius 2 is 1.75 bits per heavy atom. The molecule has 106 valence electrons. The van der Waals surface area contributed by atoms with E-state index in [0.29, 0.717) is 31.6 Å². The maximum absolute atomic E-state index is 11.8. The molecular weight excluding hydrogens is 258 g/mol. The van der Waals surface area contributed by atoms with Crippen molar-refractivity contribution in [3.8, 4) is 0 Å². The van der Waals surface area contributed by atoms with Crippen molar-refractivity contribution in [3.05, 3.63) is 29.8 Å². The Morgan fingerprint density at radius 1 is 1.15 bits per heavy atom. The molecule has 2 rings (SSSR count). The summed E-state index contributed by atoms with van der Waals surface area (Å²) in [6.07, 6.45) is 1.61. The van der Waals surface area contributed by atoms with Crippen molar-refractivity contribution in [3.63, 3.8) is 0 Å². The molecule has 0 radical (unpaired) electrons. The van der Waals surface area contributed by atoms with E-state index < -0.39 is 0 Å². The number of hydrogen-bond acceptors (Lipinski definition) is 4. The highest BCUT2D eigenvalue weighted by Crippen LogP contribution is 2.22. The molecule has 0 saturated carbocycles. The fourth-order valence-electron chi connectivity index (χ4n) is 2.18. The van der Waals surface area contributed by atoms with E-state index in [0.717, 1.165) is 5.56 Å². The minimum Gasteiger partial charge on any atom is -0.466 e. The molecule has 0 aliphatic carbocycles. The highest BCUT2D eigenvalue weighted by molar-refractivity contribution is 6.16. The van der Waals surface area contributed by atoms with Crippen molar-refractivity contribution in [1.82, 2.24) is 0 Å². The SMILES string of the molecule is CCOC(=O)Cc1ccc(N2C(=O)CCCC2=O)cc1. The number of ether oxygens (including phenoxy) is 1. The number of piperidine rings is 1. The van der Waals surface area contributed by atoms with Gasteiger partial charge < -0.3 is 4.74 Å². The van der Waals surface area contributed by atoms with Gasteiger partial charge >= 0.3 is 5.97 Å². The van der Waals surface area contributed by atoms with Gasteiger partial charge in [-0.15, -0.1) is 0 Å². The van der Waals surface area contributed by atoms with Gasteiger partial charge in [0.2, 0.25) is 11.8 Å². The summed E-state index contributed by atoms with van der Waals surface area (Å²) in [5.74, 6) is -0.621. The maximum Gasteiger partial charge on any atom is 0.310 e. The Hall–Kier alpha value is -2.17. The zero-order valence-electron chi connectivity index (χ0n) is 11.4. The summed E-state index contributed by atoms with van der Waals surface area (Å²) in [4.78, 5) is 36.2. The molecule has 0 bridgehead atoms. The van der Waals surface area contributed by atoms with Crippen molar-refractivity contribution in [2.75, 3.05) is 11.5 Å². The van der Waals surface area contributed by atoms with Gasteiger partial charge in [-0.1, -0.05) is 12.1 Å². The molecule has 0 atom stereocenters. The number of benzene rings is 1. The molecule has 1 aromatic carbocycles. The Kier molecular flexibility index (Phi) is 4.50. The molecule has 0 spiro atoms. The highest BCUT2D eigenvalue weighted by atomic mass is 16.5. The summed E-state index contributed by atoms with van der Waals surface area (Å²) in [6.45, 7) is 2.11. The quantitative estimate of drug-likeness (QED) is 0.621. The van der Waals surface area contributed by atoms with Crippen LogP contribution in [0, 0.1) is 0 Å². The number of rotatable bonds is 4. The van der Waals surface area contributed by atoms with Crippen LogP contribution in [0.4, 0.5) is 5.69 Å². The molecule has 1 heterocycles. The van der Waals surface area contributed by atoms with Crippen LogP contribution in [-0.4, -0.2) is 24.4 Å². The van der Waals surface area contributed by atoms with Crippen LogP contribution in [0.5, 0.6) is 0 Å². The van der Waals surface area contributed by atoms with E-state index in [4.69, 9.17) is 4.74 Å². The van der Waals surface area contributed by atoms with Crippen molar-refractivity contribution in [1.29, 1.82) is 0 Å². The molecule has 5 nitrogen and oxygen atoms in total. The first-order valence-electron chi connectivity index (χ1n) is 6.72. The van der Waals surface area contributed by atoms with E-state index in [1.807, 2.05) is 0 Å². The summed E-state index contributed by atoms with van der Waals surface area (Å²) in [7, 11) is 0. The third-order valence-corrected chi connectivity index (χ3v) is 3.13. The molecule has 0 N–H and O–H groups in total. The minimum absolute atomic E-state index is 0.167. The van der Waals surface area contributed by atoms with E-state index in [9.17, 15) is 14.4 Å². The lowest BCUT2D eigenvalue weighted by Gasteiger charge is -2.24. The molecule has 1 saturated heterocycles. The van der Waals surface area contributed by atoms with E-state index >= 15 is 0 Å². The predicted molar refractivity (Wildman–Crippen MR) is 73.1 cm³/mol. The molecule has 1 aliphatic rings. The lowest BCUT2D eigenvalue weighted by Crippen LogP contribution is -2.40. The fourth-order valence-corrected chi connectivity index (χ4v) is 2.18. The number of hydrogen-bond donors (Lipinski definition) is 0. The highest BCUT2D eigenvalue weighted by Gasteiger charge is 2.27. The van der Waals surface area contributed by atoms with Gasteiger partial charge in [0.25, 0.3) is 0 Å². The van der Waals surface area contributed by atoms with Gasteiger partial charge in [0.05, 0.1) is 18.7 Å². The Morgan fingerprint density at radius 3 is 2.30 bits per heavy atom. The number of esters is 1. The van der Waals surface area contributed by atoms with Crippen molar-refractivity contribution < 1.29 is 19.1 Å². The minimum atomic E-state index is -0.287. The molecule has 1 aliphatic heterocycles. The molecule has 1 aromatic rings. The molecule has 5 heteroatoms. The van der Waals surface area contributed by atoms with Gasteiger partial charge in [-0.3, -0.25) is 19.3 Å². The van der Waals surface area contributed by atoms with Crippen LogP contribution in [-0.2, 0) is 25.5 Å². The van der Waals surface area contributed by atoms with E-state index in [1.165, 1.54) is 4.90 Å². The zero-order valence-corrected chi connectivity index (χ0v) is 11.4. The number of imide groups is 1. The Bertz CT molecular complexity index is 505. The van der Waals surface area contributed by atoms with Crippen LogP contribution >= 0.6 is 0 Å². The summed E-state index contributed by atoms with van der Waals surface area (Å²) in [5.41, 5.74) is 1.36. The van der Waals surface area contributed by atoms with Crippen LogP contribution in [0.1, 0.15) is 31.7 Å². The second-order valence-corrected chi connectivity index (χ2v) is 4.62. The molecule has 2 amide bonds. The van der Waals surface area contributed by atoms with E-state index in [2.05, 4.69) is 0 Å². The Labute approximate surface area is 117 Å². The first-order chi connectivity index (χ1) is 9.61. The van der Waals surface area contributed by atoms with Crippen LogP contribution in [0.15, 0.2) is 24.3 Å². The molecular formula is C15H17NO4. The summed E-state index contributed by atoms with van der Waals surface area (Å²) in [6, 6.07) is 6.86. The lowest BCUT2D eigenvalue weighted by atomic mass is 10.1. The van der Waals surface area contributed by atoms with E-state index in [1.54, 1.807) is 31.2 Å². The lowest BCUT2D eigenvalue weighted by molar-refractivity contribution is -0.142. The van der Waals surface area contributed by atoms with Crippen molar-refractivity contribution >= 4 is 23.5 Å². The maximum atomic E-state index is 11.8.